The third-order valence-electron chi connectivity index (χ3n) is 5.17. The average molecular weight is 278 g/mol. The van der Waals surface area contributed by atoms with Gasteiger partial charge in [0.2, 0.25) is 0 Å². The summed E-state index contributed by atoms with van der Waals surface area (Å²) in [4.78, 5) is 2.34. The van der Waals surface area contributed by atoms with Crippen LogP contribution in [0.1, 0.15) is 37.8 Å². The summed E-state index contributed by atoms with van der Waals surface area (Å²) in [6.45, 7) is 4.01. The molecule has 1 saturated carbocycles. The first-order valence-corrected chi connectivity index (χ1v) is 7.54. The number of phenols is 1. The van der Waals surface area contributed by atoms with Gasteiger partial charge in [0.1, 0.15) is 11.6 Å². The van der Waals surface area contributed by atoms with E-state index in [1.807, 2.05) is 6.92 Å². The molecule has 2 fully saturated rings. The SMILES string of the molecule is CC(c1cc(F)ccc1O)N1CC2CCCC(N)C2C1. The van der Waals surface area contributed by atoms with Crippen LogP contribution in [0.5, 0.6) is 5.75 Å². The fraction of sp³-hybridized carbons (Fsp3) is 0.625. The van der Waals surface area contributed by atoms with E-state index in [1.165, 1.54) is 31.0 Å². The van der Waals surface area contributed by atoms with Crippen LogP contribution in [-0.2, 0) is 0 Å². The van der Waals surface area contributed by atoms with Gasteiger partial charge in [-0.1, -0.05) is 6.42 Å². The molecule has 0 amide bonds. The third kappa shape index (κ3) is 2.42. The van der Waals surface area contributed by atoms with Crippen LogP contribution < -0.4 is 5.73 Å². The van der Waals surface area contributed by atoms with Crippen LogP contribution in [-0.4, -0.2) is 29.1 Å². The lowest BCUT2D eigenvalue weighted by atomic mass is 9.78. The number of nitrogens with zero attached hydrogens (tertiary/aromatic N) is 1. The maximum Gasteiger partial charge on any atom is 0.123 e. The van der Waals surface area contributed by atoms with Crippen molar-refractivity contribution in [1.29, 1.82) is 0 Å². The van der Waals surface area contributed by atoms with E-state index >= 15 is 0 Å². The molecule has 0 spiro atoms. The Bertz CT molecular complexity index is 493. The van der Waals surface area contributed by atoms with Crippen LogP contribution >= 0.6 is 0 Å². The lowest BCUT2D eigenvalue weighted by molar-refractivity contribution is 0.240. The summed E-state index contributed by atoms with van der Waals surface area (Å²) in [6.07, 6.45) is 3.58. The Hall–Kier alpha value is -1.13. The summed E-state index contributed by atoms with van der Waals surface area (Å²) >= 11 is 0. The zero-order valence-corrected chi connectivity index (χ0v) is 11.9. The molecule has 4 heteroatoms. The predicted molar refractivity (Wildman–Crippen MR) is 76.9 cm³/mol. The fourth-order valence-electron chi connectivity index (χ4n) is 3.92. The molecule has 4 unspecified atom stereocenters. The molecule has 110 valence electrons. The monoisotopic (exact) mass is 278 g/mol. The number of aromatic hydroxyl groups is 1. The molecule has 0 aromatic heterocycles. The van der Waals surface area contributed by atoms with Gasteiger partial charge in [-0.2, -0.15) is 0 Å². The summed E-state index contributed by atoms with van der Waals surface area (Å²) in [5, 5.41) is 9.96. The molecule has 1 aromatic rings. The highest BCUT2D eigenvalue weighted by Gasteiger charge is 2.40. The van der Waals surface area contributed by atoms with Gasteiger partial charge in [0.25, 0.3) is 0 Å². The van der Waals surface area contributed by atoms with E-state index in [4.69, 9.17) is 5.73 Å². The minimum Gasteiger partial charge on any atom is -0.508 e. The standard InChI is InChI=1S/C16H23FN2O/c1-10(13-7-12(17)5-6-16(13)20)19-8-11-3-2-4-15(18)14(11)9-19/h5-7,10-11,14-15,20H,2-4,8-9,18H2,1H3. The van der Waals surface area contributed by atoms with Gasteiger partial charge in [-0.05, 0) is 49.8 Å². The largest absolute Gasteiger partial charge is 0.508 e. The molecule has 2 aliphatic rings. The molecule has 0 radical (unpaired) electrons. The number of phenolic OH excluding ortho intramolecular Hbond substituents is 1. The summed E-state index contributed by atoms with van der Waals surface area (Å²) < 4.78 is 13.4. The second-order valence-corrected chi connectivity index (χ2v) is 6.35. The molecule has 1 aliphatic carbocycles. The van der Waals surface area contributed by atoms with Crippen molar-refractivity contribution in [1.82, 2.24) is 4.90 Å². The Morgan fingerprint density at radius 1 is 1.35 bits per heavy atom. The van der Waals surface area contributed by atoms with E-state index < -0.39 is 0 Å². The molecular weight excluding hydrogens is 255 g/mol. The van der Waals surface area contributed by atoms with Crippen molar-refractivity contribution in [3.63, 3.8) is 0 Å². The van der Waals surface area contributed by atoms with Crippen LogP contribution in [0.25, 0.3) is 0 Å². The predicted octanol–water partition coefficient (Wildman–Crippen LogP) is 2.65. The van der Waals surface area contributed by atoms with E-state index in [2.05, 4.69) is 4.90 Å². The van der Waals surface area contributed by atoms with Crippen molar-refractivity contribution < 1.29 is 9.50 Å². The highest BCUT2D eigenvalue weighted by atomic mass is 19.1. The van der Waals surface area contributed by atoms with E-state index in [1.54, 1.807) is 0 Å². The van der Waals surface area contributed by atoms with Crippen molar-refractivity contribution in [2.75, 3.05) is 13.1 Å². The van der Waals surface area contributed by atoms with Crippen LogP contribution in [0.15, 0.2) is 18.2 Å². The van der Waals surface area contributed by atoms with E-state index in [-0.39, 0.29) is 17.6 Å². The van der Waals surface area contributed by atoms with E-state index in [9.17, 15) is 9.50 Å². The lowest BCUT2D eigenvalue weighted by Gasteiger charge is -2.30. The highest BCUT2D eigenvalue weighted by Crippen LogP contribution is 2.40. The van der Waals surface area contributed by atoms with Crippen molar-refractivity contribution >= 4 is 0 Å². The minimum atomic E-state index is -0.294. The zero-order valence-electron chi connectivity index (χ0n) is 11.9. The average Bonchev–Trinajstić information content (AvgIpc) is 2.86. The Balaban J connectivity index is 1.78. The van der Waals surface area contributed by atoms with Gasteiger partial charge in [-0.3, -0.25) is 4.90 Å². The number of rotatable bonds is 2. The van der Waals surface area contributed by atoms with Crippen LogP contribution in [0.2, 0.25) is 0 Å². The fourth-order valence-corrected chi connectivity index (χ4v) is 3.92. The number of nitrogens with two attached hydrogens (primary N) is 1. The maximum atomic E-state index is 13.4. The Morgan fingerprint density at radius 3 is 2.90 bits per heavy atom. The molecular formula is C16H23FN2O. The van der Waals surface area contributed by atoms with Gasteiger partial charge < -0.3 is 10.8 Å². The number of halogens is 1. The second kappa shape index (κ2) is 5.34. The second-order valence-electron chi connectivity index (χ2n) is 6.35. The molecule has 0 bridgehead atoms. The number of hydrogen-bond donors (Lipinski definition) is 2. The molecule has 3 N–H and O–H groups in total. The molecule has 1 aliphatic heterocycles. The molecule has 4 atom stereocenters. The summed E-state index contributed by atoms with van der Waals surface area (Å²) in [7, 11) is 0. The smallest absolute Gasteiger partial charge is 0.123 e. The van der Waals surface area contributed by atoms with Crippen LogP contribution in [0.4, 0.5) is 4.39 Å². The molecule has 1 aromatic carbocycles. The first-order chi connectivity index (χ1) is 9.56. The highest BCUT2D eigenvalue weighted by molar-refractivity contribution is 5.35. The number of benzene rings is 1. The van der Waals surface area contributed by atoms with E-state index in [0.29, 0.717) is 23.4 Å². The van der Waals surface area contributed by atoms with Gasteiger partial charge in [0.05, 0.1) is 0 Å². The summed E-state index contributed by atoms with van der Waals surface area (Å²) in [5.41, 5.74) is 6.92. The van der Waals surface area contributed by atoms with Gasteiger partial charge in [0.15, 0.2) is 0 Å². The Kier molecular flexibility index (Phi) is 3.69. The lowest BCUT2D eigenvalue weighted by Crippen LogP contribution is -2.38. The summed E-state index contributed by atoms with van der Waals surface area (Å²) in [5.74, 6) is 1.11. The number of fused-ring (bicyclic) bond motifs is 1. The Labute approximate surface area is 119 Å². The molecule has 20 heavy (non-hydrogen) atoms. The molecule has 1 heterocycles. The van der Waals surface area contributed by atoms with Gasteiger partial charge in [0, 0.05) is 30.7 Å². The molecule has 1 saturated heterocycles. The van der Waals surface area contributed by atoms with Gasteiger partial charge in [-0.25, -0.2) is 4.39 Å². The van der Waals surface area contributed by atoms with Crippen LogP contribution in [0, 0.1) is 17.7 Å². The summed E-state index contributed by atoms with van der Waals surface area (Å²) in [6, 6.07) is 4.51. The van der Waals surface area contributed by atoms with Crippen molar-refractivity contribution in [2.45, 2.75) is 38.3 Å². The van der Waals surface area contributed by atoms with Gasteiger partial charge in [-0.15, -0.1) is 0 Å². The third-order valence-corrected chi connectivity index (χ3v) is 5.17. The first kappa shape index (κ1) is 13.8. The maximum absolute atomic E-state index is 13.4. The molecule has 3 rings (SSSR count). The van der Waals surface area contributed by atoms with E-state index in [0.717, 1.165) is 19.5 Å². The zero-order chi connectivity index (χ0) is 14.3. The van der Waals surface area contributed by atoms with Crippen molar-refractivity contribution in [3.05, 3.63) is 29.6 Å². The van der Waals surface area contributed by atoms with Crippen LogP contribution in [0.3, 0.4) is 0 Å². The topological polar surface area (TPSA) is 49.5 Å². The minimum absolute atomic E-state index is 0.0310. The van der Waals surface area contributed by atoms with Crippen molar-refractivity contribution in [3.8, 4) is 5.75 Å². The number of hydrogen-bond acceptors (Lipinski definition) is 3. The quantitative estimate of drug-likeness (QED) is 0.874. The normalized spacial score (nSPS) is 32.0. The molecule has 3 nitrogen and oxygen atoms in total. The van der Waals surface area contributed by atoms with Gasteiger partial charge >= 0.3 is 0 Å². The number of likely N-dealkylation sites (tertiary alicyclic amines) is 1. The Morgan fingerprint density at radius 2 is 2.15 bits per heavy atom. The van der Waals surface area contributed by atoms with Crippen molar-refractivity contribution in [2.24, 2.45) is 17.6 Å². The first-order valence-electron chi connectivity index (χ1n) is 7.54.